The molecule has 0 radical (unpaired) electrons. The highest BCUT2D eigenvalue weighted by molar-refractivity contribution is 7.98. The number of aryl methyl sites for hydroxylation is 2. The number of carbonyl (C=O) groups excluding carboxylic acids is 1. The number of thioether (sulfide) groups is 1. The first-order valence-corrected chi connectivity index (χ1v) is 13.6. The smallest absolute Gasteiger partial charge is 0.255 e. The Labute approximate surface area is 232 Å². The lowest BCUT2D eigenvalue weighted by Crippen LogP contribution is -2.31. The Balaban J connectivity index is 1.54. The van der Waals surface area contributed by atoms with Crippen molar-refractivity contribution in [2.45, 2.75) is 37.7 Å². The molecule has 0 spiro atoms. The number of aromatic nitrogens is 3. The van der Waals surface area contributed by atoms with Gasteiger partial charge in [-0.15, -0.1) is 5.10 Å². The Morgan fingerprint density at radius 1 is 1.00 bits per heavy atom. The van der Waals surface area contributed by atoms with Crippen LogP contribution < -0.4 is 20.1 Å². The van der Waals surface area contributed by atoms with Gasteiger partial charge in [0, 0.05) is 17.1 Å². The molecule has 2 heterocycles. The second-order valence-electron chi connectivity index (χ2n) is 9.39. The average molecular weight is 542 g/mol. The van der Waals surface area contributed by atoms with Crippen molar-refractivity contribution in [1.82, 2.24) is 14.8 Å². The first-order chi connectivity index (χ1) is 18.9. The fourth-order valence-electron chi connectivity index (χ4n) is 4.68. The number of benzene rings is 3. The summed E-state index contributed by atoms with van der Waals surface area (Å²) in [6, 6.07) is 21.3. The molecule has 9 heteroatoms. The maximum absolute atomic E-state index is 13.9. The molecule has 4 aromatic rings. The molecule has 8 nitrogen and oxygen atoms in total. The lowest BCUT2D eigenvalue weighted by atomic mass is 9.94. The van der Waals surface area contributed by atoms with Gasteiger partial charge < -0.3 is 20.1 Å². The molecule has 1 atom stereocenters. The van der Waals surface area contributed by atoms with E-state index in [0.29, 0.717) is 33.9 Å². The molecule has 200 valence electrons. The number of allylic oxidation sites excluding steroid dienone is 1. The molecule has 1 amide bonds. The molecule has 5 rings (SSSR count). The van der Waals surface area contributed by atoms with Gasteiger partial charge in [-0.2, -0.15) is 4.98 Å². The Hall–Kier alpha value is -4.24. The summed E-state index contributed by atoms with van der Waals surface area (Å²) in [6.07, 6.45) is 0. The van der Waals surface area contributed by atoms with Crippen molar-refractivity contribution in [3.8, 4) is 11.5 Å². The number of nitrogens with zero attached hydrogens (tertiary/aromatic N) is 3. The molecule has 0 fully saturated rings. The number of fused-ring (bicyclic) bond motifs is 1. The van der Waals surface area contributed by atoms with Gasteiger partial charge in [0.1, 0.15) is 6.04 Å². The number of hydrogen-bond donors (Lipinski definition) is 2. The molecule has 39 heavy (non-hydrogen) atoms. The molecule has 1 aliphatic rings. The van der Waals surface area contributed by atoms with Crippen LogP contribution in [-0.2, 0) is 10.5 Å². The quantitative estimate of drug-likeness (QED) is 0.259. The van der Waals surface area contributed by atoms with Gasteiger partial charge in [0.05, 0.1) is 19.8 Å². The van der Waals surface area contributed by atoms with E-state index in [0.717, 1.165) is 28.1 Å². The number of methoxy groups -OCH3 is 2. The predicted octanol–water partition coefficient (Wildman–Crippen LogP) is 6.13. The van der Waals surface area contributed by atoms with E-state index in [-0.39, 0.29) is 5.91 Å². The highest BCUT2D eigenvalue weighted by Gasteiger charge is 2.35. The standard InChI is InChI=1S/C30H31N5O3S/c1-18-11-13-23(19(2)15-18)32-28(36)26-20(3)31-29-33-30(39-17-21-9-7-6-8-10-21)34-35(29)27(26)22-12-14-24(37-4)25(16-22)38-5/h6-16,27H,17H2,1-5H3,(H,32,36)(H,31,33,34)/t27-/m0/s1. The summed E-state index contributed by atoms with van der Waals surface area (Å²) in [7, 11) is 3.19. The topological polar surface area (TPSA) is 90.3 Å². The summed E-state index contributed by atoms with van der Waals surface area (Å²) in [5.41, 5.74) is 6.15. The predicted molar refractivity (Wildman–Crippen MR) is 155 cm³/mol. The summed E-state index contributed by atoms with van der Waals surface area (Å²) < 4.78 is 12.8. The van der Waals surface area contributed by atoms with E-state index in [1.165, 1.54) is 5.56 Å². The summed E-state index contributed by atoms with van der Waals surface area (Å²) >= 11 is 1.55. The van der Waals surface area contributed by atoms with E-state index >= 15 is 0 Å². The van der Waals surface area contributed by atoms with Gasteiger partial charge in [0.15, 0.2) is 11.5 Å². The van der Waals surface area contributed by atoms with Crippen molar-refractivity contribution in [2.24, 2.45) is 0 Å². The van der Waals surface area contributed by atoms with Gasteiger partial charge in [-0.05, 0) is 55.7 Å². The van der Waals surface area contributed by atoms with Crippen molar-refractivity contribution < 1.29 is 14.3 Å². The van der Waals surface area contributed by atoms with Gasteiger partial charge >= 0.3 is 0 Å². The number of nitrogens with one attached hydrogen (secondary N) is 2. The van der Waals surface area contributed by atoms with Crippen LogP contribution in [0.5, 0.6) is 11.5 Å². The minimum absolute atomic E-state index is 0.216. The SMILES string of the molecule is COc1ccc([C@H]2C(C(=O)Nc3ccc(C)cc3C)=C(C)Nc3nc(SCc4ccccc4)nn32)cc1OC. The Bertz CT molecular complexity index is 1550. The molecule has 0 unspecified atom stereocenters. The monoisotopic (exact) mass is 541 g/mol. The third kappa shape index (κ3) is 5.49. The number of rotatable bonds is 8. The molecule has 0 saturated heterocycles. The minimum atomic E-state index is -0.537. The van der Waals surface area contributed by atoms with E-state index < -0.39 is 6.04 Å². The number of carbonyl (C=O) groups is 1. The van der Waals surface area contributed by atoms with Gasteiger partial charge in [-0.1, -0.05) is 65.9 Å². The fourth-order valence-corrected chi connectivity index (χ4v) is 5.47. The zero-order chi connectivity index (χ0) is 27.5. The van der Waals surface area contributed by atoms with Crippen molar-refractivity contribution in [2.75, 3.05) is 24.9 Å². The van der Waals surface area contributed by atoms with Crippen LogP contribution >= 0.6 is 11.8 Å². The number of amides is 1. The van der Waals surface area contributed by atoms with Crippen LogP contribution in [0.4, 0.5) is 11.6 Å². The summed E-state index contributed by atoms with van der Waals surface area (Å²) in [5.74, 6) is 2.27. The Morgan fingerprint density at radius 2 is 1.77 bits per heavy atom. The molecule has 1 aromatic heterocycles. The summed E-state index contributed by atoms with van der Waals surface area (Å²) in [5, 5.41) is 11.9. The first kappa shape index (κ1) is 26.4. The molecule has 3 aromatic carbocycles. The normalized spacial score (nSPS) is 14.4. The molecule has 0 aliphatic carbocycles. The van der Waals surface area contributed by atoms with Crippen LogP contribution in [-0.4, -0.2) is 34.9 Å². The van der Waals surface area contributed by atoms with Crippen LogP contribution in [0, 0.1) is 13.8 Å². The fraction of sp³-hybridized carbons (Fsp3) is 0.233. The number of hydrogen-bond acceptors (Lipinski definition) is 7. The highest BCUT2D eigenvalue weighted by atomic mass is 32.2. The second kappa shape index (κ2) is 11.2. The van der Waals surface area contributed by atoms with Gasteiger partial charge in [0.25, 0.3) is 5.91 Å². The molecule has 2 N–H and O–H groups in total. The molecule has 0 bridgehead atoms. The lowest BCUT2D eigenvalue weighted by molar-refractivity contribution is -0.113. The highest BCUT2D eigenvalue weighted by Crippen LogP contribution is 2.40. The van der Waals surface area contributed by atoms with Gasteiger partial charge in [0.2, 0.25) is 11.1 Å². The van der Waals surface area contributed by atoms with Crippen LogP contribution in [0.3, 0.4) is 0 Å². The molecular formula is C30H31N5O3S. The van der Waals surface area contributed by atoms with E-state index in [1.54, 1.807) is 30.7 Å². The van der Waals surface area contributed by atoms with Crippen molar-refractivity contribution in [3.05, 3.63) is 100 Å². The van der Waals surface area contributed by atoms with Crippen LogP contribution in [0.15, 0.2) is 83.2 Å². The maximum atomic E-state index is 13.9. The third-order valence-electron chi connectivity index (χ3n) is 6.64. The van der Waals surface area contributed by atoms with Gasteiger partial charge in [-0.3, -0.25) is 4.79 Å². The van der Waals surface area contributed by atoms with E-state index in [2.05, 4.69) is 22.8 Å². The molecular weight excluding hydrogens is 510 g/mol. The van der Waals surface area contributed by atoms with Crippen LogP contribution in [0.1, 0.15) is 35.2 Å². The van der Waals surface area contributed by atoms with Gasteiger partial charge in [-0.25, -0.2) is 4.68 Å². The van der Waals surface area contributed by atoms with E-state index in [1.807, 2.05) is 75.4 Å². The summed E-state index contributed by atoms with van der Waals surface area (Å²) in [6.45, 7) is 5.91. The largest absolute Gasteiger partial charge is 0.493 e. The maximum Gasteiger partial charge on any atom is 0.255 e. The van der Waals surface area contributed by atoms with E-state index in [9.17, 15) is 4.79 Å². The third-order valence-corrected chi connectivity index (χ3v) is 7.55. The zero-order valence-electron chi connectivity index (χ0n) is 22.6. The van der Waals surface area contributed by atoms with Crippen LogP contribution in [0.2, 0.25) is 0 Å². The van der Waals surface area contributed by atoms with Crippen molar-refractivity contribution in [3.63, 3.8) is 0 Å². The molecule has 1 aliphatic heterocycles. The minimum Gasteiger partial charge on any atom is -0.493 e. The van der Waals surface area contributed by atoms with Crippen LogP contribution in [0.25, 0.3) is 0 Å². The average Bonchev–Trinajstić information content (AvgIpc) is 3.35. The van der Waals surface area contributed by atoms with E-state index in [4.69, 9.17) is 19.6 Å². The number of anilines is 2. The van der Waals surface area contributed by atoms with Crippen molar-refractivity contribution in [1.29, 1.82) is 0 Å². The lowest BCUT2D eigenvalue weighted by Gasteiger charge is -2.29. The number of ether oxygens (including phenoxy) is 2. The molecule has 0 saturated carbocycles. The first-order valence-electron chi connectivity index (χ1n) is 12.6. The Morgan fingerprint density at radius 3 is 2.49 bits per heavy atom. The zero-order valence-corrected chi connectivity index (χ0v) is 23.4. The second-order valence-corrected chi connectivity index (χ2v) is 10.3. The Kier molecular flexibility index (Phi) is 7.60. The summed E-state index contributed by atoms with van der Waals surface area (Å²) in [4.78, 5) is 18.6. The van der Waals surface area contributed by atoms with Crippen molar-refractivity contribution >= 4 is 29.3 Å².